The lowest BCUT2D eigenvalue weighted by Gasteiger charge is -2.23. The van der Waals surface area contributed by atoms with E-state index in [2.05, 4.69) is 10.3 Å². The summed E-state index contributed by atoms with van der Waals surface area (Å²) in [5, 5.41) is 14.0. The number of hydrogen-bond donors (Lipinski definition) is 2. The summed E-state index contributed by atoms with van der Waals surface area (Å²) in [6.45, 7) is 0.275. The summed E-state index contributed by atoms with van der Waals surface area (Å²) >= 11 is 0. The predicted octanol–water partition coefficient (Wildman–Crippen LogP) is 3.21. The fourth-order valence-corrected chi connectivity index (χ4v) is 3.89. The highest BCUT2D eigenvalue weighted by Gasteiger charge is 2.25. The van der Waals surface area contributed by atoms with Crippen LogP contribution in [0.3, 0.4) is 0 Å². The highest BCUT2D eigenvalue weighted by molar-refractivity contribution is 6.01. The second-order valence-electron chi connectivity index (χ2n) is 7.28. The molecule has 1 saturated carbocycles. The molecule has 28 heavy (non-hydrogen) atoms. The molecule has 0 saturated heterocycles. The Hall–Kier alpha value is -3.15. The minimum atomic E-state index is -0.527. The topological polar surface area (TPSA) is 84.2 Å². The molecule has 144 valence electrons. The number of rotatable bonds is 4. The van der Waals surface area contributed by atoms with Crippen LogP contribution in [-0.2, 0) is 6.54 Å². The molecule has 0 aliphatic heterocycles. The van der Waals surface area contributed by atoms with E-state index in [0.29, 0.717) is 11.0 Å². The molecule has 2 N–H and O–H groups in total. The highest BCUT2D eigenvalue weighted by Crippen LogP contribution is 2.26. The summed E-state index contributed by atoms with van der Waals surface area (Å²) in [7, 11) is 0. The third-order valence-electron chi connectivity index (χ3n) is 5.34. The number of aromatic nitrogens is 2. The molecular formula is C22H23N3O3. The van der Waals surface area contributed by atoms with Gasteiger partial charge in [0.1, 0.15) is 17.0 Å². The third-order valence-corrected chi connectivity index (χ3v) is 5.34. The molecule has 4 rings (SSSR count). The van der Waals surface area contributed by atoms with Gasteiger partial charge in [-0.3, -0.25) is 14.2 Å². The zero-order valence-electron chi connectivity index (χ0n) is 15.6. The van der Waals surface area contributed by atoms with E-state index in [-0.39, 0.29) is 23.9 Å². The minimum Gasteiger partial charge on any atom is -0.506 e. The van der Waals surface area contributed by atoms with Gasteiger partial charge >= 0.3 is 0 Å². The van der Waals surface area contributed by atoms with E-state index >= 15 is 0 Å². The fourth-order valence-electron chi connectivity index (χ4n) is 3.89. The third kappa shape index (κ3) is 3.50. The summed E-state index contributed by atoms with van der Waals surface area (Å²) in [6.07, 6.45) is 6.68. The van der Waals surface area contributed by atoms with Crippen LogP contribution in [0.1, 0.15) is 48.0 Å². The molecule has 6 nitrogen and oxygen atoms in total. The summed E-state index contributed by atoms with van der Waals surface area (Å²) in [6, 6.07) is 12.9. The molecule has 1 aromatic carbocycles. The van der Waals surface area contributed by atoms with Gasteiger partial charge in [0.2, 0.25) is 0 Å². The quantitative estimate of drug-likeness (QED) is 0.731. The van der Waals surface area contributed by atoms with Crippen molar-refractivity contribution >= 4 is 16.9 Å². The summed E-state index contributed by atoms with van der Waals surface area (Å²) in [5.74, 6) is -0.812. The average Bonchev–Trinajstić information content (AvgIpc) is 2.73. The Kier molecular flexibility index (Phi) is 5.10. The predicted molar refractivity (Wildman–Crippen MR) is 108 cm³/mol. The van der Waals surface area contributed by atoms with Crippen molar-refractivity contribution in [1.29, 1.82) is 0 Å². The maximum absolute atomic E-state index is 13.2. The van der Waals surface area contributed by atoms with Crippen molar-refractivity contribution in [2.24, 2.45) is 0 Å². The first-order chi connectivity index (χ1) is 13.6. The van der Waals surface area contributed by atoms with Crippen molar-refractivity contribution in [1.82, 2.24) is 14.9 Å². The number of hydrogen-bond acceptors (Lipinski definition) is 4. The maximum atomic E-state index is 13.2. The van der Waals surface area contributed by atoms with Crippen LogP contribution < -0.4 is 10.9 Å². The van der Waals surface area contributed by atoms with Crippen LogP contribution in [0.4, 0.5) is 0 Å². The van der Waals surface area contributed by atoms with Crippen LogP contribution in [0.15, 0.2) is 53.5 Å². The van der Waals surface area contributed by atoms with Gasteiger partial charge in [-0.25, -0.2) is 4.98 Å². The molecule has 1 amide bonds. The van der Waals surface area contributed by atoms with Crippen LogP contribution in [0.2, 0.25) is 0 Å². The van der Waals surface area contributed by atoms with Crippen LogP contribution >= 0.6 is 0 Å². The van der Waals surface area contributed by atoms with Crippen molar-refractivity contribution in [3.05, 3.63) is 70.1 Å². The van der Waals surface area contributed by atoms with Crippen molar-refractivity contribution < 1.29 is 9.90 Å². The van der Waals surface area contributed by atoms with E-state index in [0.717, 1.165) is 31.2 Å². The number of nitrogens with one attached hydrogen (secondary N) is 1. The largest absolute Gasteiger partial charge is 0.506 e. The molecule has 1 aliphatic carbocycles. The molecule has 2 aromatic heterocycles. The molecule has 0 radical (unpaired) electrons. The van der Waals surface area contributed by atoms with Crippen LogP contribution in [0, 0.1) is 0 Å². The molecular weight excluding hydrogens is 354 g/mol. The summed E-state index contributed by atoms with van der Waals surface area (Å²) in [5.41, 5.74) is 0.548. The molecule has 6 heteroatoms. The Morgan fingerprint density at radius 2 is 1.86 bits per heavy atom. The lowest BCUT2D eigenvalue weighted by molar-refractivity contribution is 0.0923. The van der Waals surface area contributed by atoms with Gasteiger partial charge in [0, 0.05) is 12.2 Å². The Morgan fingerprint density at radius 1 is 1.11 bits per heavy atom. The fraction of sp³-hybridized carbons (Fsp3) is 0.318. The molecule has 1 aliphatic rings. The normalized spacial score (nSPS) is 14.9. The molecule has 0 atom stereocenters. The van der Waals surface area contributed by atoms with Crippen LogP contribution in [0.25, 0.3) is 11.0 Å². The minimum absolute atomic E-state index is 0.0484. The number of benzene rings is 1. The van der Waals surface area contributed by atoms with E-state index in [1.165, 1.54) is 11.0 Å². The number of pyridine rings is 2. The number of carbonyl (C=O) groups is 1. The number of nitrogens with zero attached hydrogens (tertiary/aromatic N) is 2. The smallest absolute Gasteiger partial charge is 0.269 e. The Balaban J connectivity index is 1.80. The lowest BCUT2D eigenvalue weighted by atomic mass is 9.95. The molecule has 2 heterocycles. The zero-order valence-corrected chi connectivity index (χ0v) is 15.6. The highest BCUT2D eigenvalue weighted by atomic mass is 16.3. The monoisotopic (exact) mass is 377 g/mol. The number of amides is 1. The van der Waals surface area contributed by atoms with E-state index in [9.17, 15) is 14.7 Å². The summed E-state index contributed by atoms with van der Waals surface area (Å²) < 4.78 is 1.46. The summed E-state index contributed by atoms with van der Waals surface area (Å²) in [4.78, 5) is 30.4. The van der Waals surface area contributed by atoms with Gasteiger partial charge < -0.3 is 10.4 Å². The van der Waals surface area contributed by atoms with Gasteiger partial charge in [-0.2, -0.15) is 0 Å². The zero-order chi connectivity index (χ0) is 19.5. The standard InChI is InChI=1S/C22H23N3O3/c26-19-17-12-7-13-23-20(17)25(14-15-8-3-1-4-9-15)22(28)18(19)21(27)24-16-10-5-2-6-11-16/h1,3-4,7-9,12-13,16,26H,2,5-6,10-11,14H2,(H,24,27). The Morgan fingerprint density at radius 3 is 2.61 bits per heavy atom. The van der Waals surface area contributed by atoms with Crippen molar-refractivity contribution in [3.63, 3.8) is 0 Å². The van der Waals surface area contributed by atoms with Crippen molar-refractivity contribution in [3.8, 4) is 5.75 Å². The first-order valence-corrected chi connectivity index (χ1v) is 9.70. The van der Waals surface area contributed by atoms with Crippen molar-refractivity contribution in [2.75, 3.05) is 0 Å². The van der Waals surface area contributed by atoms with E-state index in [4.69, 9.17) is 0 Å². The van der Waals surface area contributed by atoms with Gasteiger partial charge in [0.25, 0.3) is 11.5 Å². The van der Waals surface area contributed by atoms with Gasteiger partial charge in [-0.15, -0.1) is 0 Å². The Labute approximate surface area is 162 Å². The molecule has 1 fully saturated rings. The van der Waals surface area contributed by atoms with Gasteiger partial charge in [0.15, 0.2) is 0 Å². The number of fused-ring (bicyclic) bond motifs is 1. The first kappa shape index (κ1) is 18.2. The average molecular weight is 377 g/mol. The van der Waals surface area contributed by atoms with Gasteiger partial charge in [0.05, 0.1) is 11.9 Å². The maximum Gasteiger partial charge on any atom is 0.269 e. The van der Waals surface area contributed by atoms with Gasteiger partial charge in [-0.05, 0) is 30.5 Å². The Bertz CT molecular complexity index is 1050. The van der Waals surface area contributed by atoms with Crippen LogP contribution in [0.5, 0.6) is 5.75 Å². The SMILES string of the molecule is O=C(NC1CCCCC1)c1c(O)c2cccnc2n(Cc2ccccc2)c1=O. The second kappa shape index (κ2) is 7.84. The molecule has 3 aromatic rings. The second-order valence-corrected chi connectivity index (χ2v) is 7.28. The molecule has 0 spiro atoms. The molecule has 0 bridgehead atoms. The van der Waals surface area contributed by atoms with Crippen molar-refractivity contribution in [2.45, 2.75) is 44.7 Å². The number of carbonyl (C=O) groups excluding carboxylic acids is 1. The first-order valence-electron chi connectivity index (χ1n) is 9.70. The molecule has 0 unspecified atom stereocenters. The van der Waals surface area contributed by atoms with Crippen LogP contribution in [-0.4, -0.2) is 26.6 Å². The number of aromatic hydroxyl groups is 1. The van der Waals surface area contributed by atoms with E-state index in [1.54, 1.807) is 18.3 Å². The van der Waals surface area contributed by atoms with Gasteiger partial charge in [-0.1, -0.05) is 49.6 Å². The lowest BCUT2D eigenvalue weighted by Crippen LogP contribution is -2.40. The van der Waals surface area contributed by atoms with E-state index in [1.807, 2.05) is 30.3 Å². The van der Waals surface area contributed by atoms with E-state index < -0.39 is 11.5 Å².